The van der Waals surface area contributed by atoms with Gasteiger partial charge in [0.15, 0.2) is 0 Å². The summed E-state index contributed by atoms with van der Waals surface area (Å²) in [5.74, 6) is 2.43. The molecule has 0 aliphatic carbocycles. The Kier molecular flexibility index (Phi) is 4.98. The van der Waals surface area contributed by atoms with Crippen LogP contribution < -0.4 is 11.1 Å². The molecule has 0 spiro atoms. The average molecular weight is 274 g/mol. The van der Waals surface area contributed by atoms with E-state index in [1.165, 1.54) is 6.33 Å². The fourth-order valence-electron chi connectivity index (χ4n) is 2.17. The van der Waals surface area contributed by atoms with E-state index in [-0.39, 0.29) is 0 Å². The van der Waals surface area contributed by atoms with Crippen molar-refractivity contribution in [2.24, 2.45) is 0 Å². The average Bonchev–Trinajstić information content (AvgIpc) is 2.94. The fourth-order valence-corrected chi connectivity index (χ4v) is 2.17. The molecule has 2 rings (SSSR count). The predicted molar refractivity (Wildman–Crippen MR) is 80.6 cm³/mol. The third-order valence-corrected chi connectivity index (χ3v) is 3.27. The largest absolute Gasteiger partial charge is 0.469 e. The molecule has 0 aliphatic rings. The van der Waals surface area contributed by atoms with E-state index in [1.807, 2.05) is 12.1 Å². The molecule has 0 bridgehead atoms. The lowest BCUT2D eigenvalue weighted by molar-refractivity contribution is 0.494. The van der Waals surface area contributed by atoms with Crippen molar-refractivity contribution in [2.75, 3.05) is 11.1 Å². The highest BCUT2D eigenvalue weighted by Gasteiger charge is 2.11. The van der Waals surface area contributed by atoms with E-state index in [0.717, 1.165) is 42.8 Å². The lowest BCUT2D eigenvalue weighted by Gasteiger charge is -2.17. The number of nitrogen functional groups attached to an aromatic ring is 1. The van der Waals surface area contributed by atoms with Crippen LogP contribution in [0.3, 0.4) is 0 Å². The zero-order valence-electron chi connectivity index (χ0n) is 12.1. The lowest BCUT2D eigenvalue weighted by Crippen LogP contribution is -2.19. The lowest BCUT2D eigenvalue weighted by atomic mass is 10.1. The number of nitrogens with one attached hydrogen (secondary N) is 1. The first-order valence-electron chi connectivity index (χ1n) is 7.09. The summed E-state index contributed by atoms with van der Waals surface area (Å²) in [4.78, 5) is 8.38. The van der Waals surface area contributed by atoms with Crippen LogP contribution in [0.25, 0.3) is 0 Å². The summed E-state index contributed by atoms with van der Waals surface area (Å²) in [7, 11) is 0. The monoisotopic (exact) mass is 274 g/mol. The van der Waals surface area contributed by atoms with E-state index in [9.17, 15) is 0 Å². The second-order valence-corrected chi connectivity index (χ2v) is 5.00. The molecule has 0 saturated carbocycles. The highest BCUT2D eigenvalue weighted by molar-refractivity contribution is 5.55. The van der Waals surface area contributed by atoms with Gasteiger partial charge in [-0.1, -0.05) is 13.3 Å². The Labute approximate surface area is 119 Å². The number of rotatable bonds is 7. The van der Waals surface area contributed by atoms with Crippen LogP contribution in [-0.2, 0) is 12.8 Å². The van der Waals surface area contributed by atoms with Crippen LogP contribution in [0, 0.1) is 0 Å². The molecule has 2 heterocycles. The summed E-state index contributed by atoms with van der Waals surface area (Å²) in [6, 6.07) is 4.21. The SMILES string of the molecule is CCCc1c(N)ncnc1NC(C)CCc1ccco1. The molecule has 5 heteroatoms. The van der Waals surface area contributed by atoms with Gasteiger partial charge in [0.1, 0.15) is 23.7 Å². The summed E-state index contributed by atoms with van der Waals surface area (Å²) >= 11 is 0. The summed E-state index contributed by atoms with van der Waals surface area (Å²) < 4.78 is 5.34. The minimum atomic E-state index is 0.296. The molecule has 0 aromatic carbocycles. The molecular weight excluding hydrogens is 252 g/mol. The van der Waals surface area contributed by atoms with Crippen molar-refractivity contribution in [2.45, 2.75) is 45.6 Å². The number of furan rings is 1. The number of anilines is 2. The molecule has 3 N–H and O–H groups in total. The number of aryl methyl sites for hydroxylation is 1. The molecular formula is C15H22N4O. The number of hydrogen-bond donors (Lipinski definition) is 2. The number of nitrogens with two attached hydrogens (primary N) is 1. The molecule has 0 radical (unpaired) electrons. The maximum atomic E-state index is 5.93. The molecule has 108 valence electrons. The van der Waals surface area contributed by atoms with Crippen molar-refractivity contribution in [3.8, 4) is 0 Å². The predicted octanol–water partition coefficient (Wildman–Crippen LogP) is 3.04. The van der Waals surface area contributed by atoms with E-state index < -0.39 is 0 Å². The highest BCUT2D eigenvalue weighted by atomic mass is 16.3. The Bertz CT molecular complexity index is 525. The molecule has 1 atom stereocenters. The molecule has 0 amide bonds. The van der Waals surface area contributed by atoms with Gasteiger partial charge in [0.2, 0.25) is 0 Å². The van der Waals surface area contributed by atoms with Crippen molar-refractivity contribution in [1.29, 1.82) is 0 Å². The summed E-state index contributed by atoms with van der Waals surface area (Å²) in [6.45, 7) is 4.26. The molecule has 0 saturated heterocycles. The van der Waals surface area contributed by atoms with Gasteiger partial charge >= 0.3 is 0 Å². The van der Waals surface area contributed by atoms with Gasteiger partial charge in [-0.25, -0.2) is 9.97 Å². The minimum Gasteiger partial charge on any atom is -0.469 e. The molecule has 5 nitrogen and oxygen atoms in total. The van der Waals surface area contributed by atoms with Crippen molar-refractivity contribution < 1.29 is 4.42 Å². The molecule has 2 aromatic heterocycles. The van der Waals surface area contributed by atoms with Gasteiger partial charge in [0.05, 0.1) is 6.26 Å². The van der Waals surface area contributed by atoms with Crippen LogP contribution in [0.5, 0.6) is 0 Å². The number of hydrogen-bond acceptors (Lipinski definition) is 5. The maximum Gasteiger partial charge on any atom is 0.134 e. The molecule has 0 aliphatic heterocycles. The molecule has 20 heavy (non-hydrogen) atoms. The Morgan fingerprint density at radius 2 is 2.20 bits per heavy atom. The van der Waals surface area contributed by atoms with Gasteiger partial charge in [0, 0.05) is 18.0 Å². The zero-order valence-corrected chi connectivity index (χ0v) is 12.1. The van der Waals surface area contributed by atoms with Crippen LogP contribution in [-0.4, -0.2) is 16.0 Å². The fraction of sp³-hybridized carbons (Fsp3) is 0.467. The first-order valence-corrected chi connectivity index (χ1v) is 7.09. The van der Waals surface area contributed by atoms with Gasteiger partial charge in [-0.2, -0.15) is 0 Å². The topological polar surface area (TPSA) is 77.0 Å². The summed E-state index contributed by atoms with van der Waals surface area (Å²) in [5.41, 5.74) is 6.94. The Balaban J connectivity index is 1.96. The van der Waals surface area contributed by atoms with Crippen molar-refractivity contribution in [3.05, 3.63) is 36.0 Å². The van der Waals surface area contributed by atoms with Crippen molar-refractivity contribution in [1.82, 2.24) is 9.97 Å². The summed E-state index contributed by atoms with van der Waals surface area (Å²) in [5, 5.41) is 3.43. The third kappa shape index (κ3) is 3.73. The molecule has 0 fully saturated rings. The molecule has 2 aromatic rings. The first kappa shape index (κ1) is 14.4. The van der Waals surface area contributed by atoms with Crippen LogP contribution in [0.1, 0.15) is 38.0 Å². The second-order valence-electron chi connectivity index (χ2n) is 5.00. The highest BCUT2D eigenvalue weighted by Crippen LogP contribution is 2.20. The van der Waals surface area contributed by atoms with Gasteiger partial charge in [-0.05, 0) is 31.9 Å². The van der Waals surface area contributed by atoms with Gasteiger partial charge in [-0.15, -0.1) is 0 Å². The van der Waals surface area contributed by atoms with Crippen LogP contribution in [0.4, 0.5) is 11.6 Å². The zero-order chi connectivity index (χ0) is 14.4. The van der Waals surface area contributed by atoms with Crippen LogP contribution in [0.15, 0.2) is 29.1 Å². The van der Waals surface area contributed by atoms with Gasteiger partial charge in [-0.3, -0.25) is 0 Å². The van der Waals surface area contributed by atoms with Crippen molar-refractivity contribution in [3.63, 3.8) is 0 Å². The Morgan fingerprint density at radius 1 is 1.35 bits per heavy atom. The van der Waals surface area contributed by atoms with Crippen LogP contribution >= 0.6 is 0 Å². The maximum absolute atomic E-state index is 5.93. The van der Waals surface area contributed by atoms with E-state index in [2.05, 4.69) is 29.1 Å². The standard InChI is InChI=1S/C15H22N4O/c1-3-5-13-14(16)17-10-18-15(13)19-11(2)7-8-12-6-4-9-20-12/h4,6,9-11H,3,5,7-8H2,1-2H3,(H3,16,17,18,19). The quantitative estimate of drug-likeness (QED) is 0.811. The van der Waals surface area contributed by atoms with Gasteiger partial charge < -0.3 is 15.5 Å². The van der Waals surface area contributed by atoms with E-state index in [0.29, 0.717) is 11.9 Å². The Morgan fingerprint density at radius 3 is 2.90 bits per heavy atom. The second kappa shape index (κ2) is 6.93. The number of nitrogens with zero attached hydrogens (tertiary/aromatic N) is 2. The van der Waals surface area contributed by atoms with E-state index in [4.69, 9.17) is 10.2 Å². The van der Waals surface area contributed by atoms with Crippen LogP contribution in [0.2, 0.25) is 0 Å². The molecule has 1 unspecified atom stereocenters. The third-order valence-electron chi connectivity index (χ3n) is 3.27. The first-order chi connectivity index (χ1) is 9.70. The smallest absolute Gasteiger partial charge is 0.134 e. The van der Waals surface area contributed by atoms with E-state index >= 15 is 0 Å². The van der Waals surface area contributed by atoms with E-state index in [1.54, 1.807) is 6.26 Å². The summed E-state index contributed by atoms with van der Waals surface area (Å²) in [6.07, 6.45) is 7.01. The van der Waals surface area contributed by atoms with Gasteiger partial charge in [0.25, 0.3) is 0 Å². The number of aromatic nitrogens is 2. The Hall–Kier alpha value is -2.04. The van der Waals surface area contributed by atoms with Crippen molar-refractivity contribution >= 4 is 11.6 Å². The minimum absolute atomic E-state index is 0.296. The normalized spacial score (nSPS) is 12.3.